The summed E-state index contributed by atoms with van der Waals surface area (Å²) >= 11 is 0. The van der Waals surface area contributed by atoms with Gasteiger partial charge in [-0.3, -0.25) is 19.1 Å². The first-order valence-corrected chi connectivity index (χ1v) is 13.5. The van der Waals surface area contributed by atoms with Crippen molar-refractivity contribution >= 4 is 28.9 Å². The molecule has 10 nitrogen and oxygen atoms in total. The van der Waals surface area contributed by atoms with Crippen molar-refractivity contribution < 1.29 is 32.7 Å². The number of nitrogens with zero attached hydrogens (tertiary/aromatic N) is 4. The van der Waals surface area contributed by atoms with Crippen molar-refractivity contribution in [1.82, 2.24) is 24.3 Å². The van der Waals surface area contributed by atoms with Crippen LogP contribution in [0.4, 0.5) is 13.2 Å². The summed E-state index contributed by atoms with van der Waals surface area (Å²) in [7, 11) is 0. The number of halogens is 3. The van der Waals surface area contributed by atoms with Gasteiger partial charge in [0.05, 0.1) is 5.52 Å². The number of carbonyl (C=O) groups excluding carboxylic acids is 2. The molecule has 1 saturated heterocycles. The molecule has 2 fully saturated rings. The molecule has 3 aliphatic rings. The number of pyridine rings is 1. The summed E-state index contributed by atoms with van der Waals surface area (Å²) < 4.78 is 33.5. The number of likely N-dealkylation sites (tertiary alicyclic amines) is 1. The third kappa shape index (κ3) is 5.70. The predicted octanol–water partition coefficient (Wildman–Crippen LogP) is 2.93. The lowest BCUT2D eigenvalue weighted by atomic mass is 9.98. The summed E-state index contributed by atoms with van der Waals surface area (Å²) in [6.45, 7) is 2.46. The zero-order valence-corrected chi connectivity index (χ0v) is 22.2. The van der Waals surface area contributed by atoms with E-state index in [2.05, 4.69) is 22.1 Å². The average Bonchev–Trinajstić information content (AvgIpc) is 3.73. The maximum absolute atomic E-state index is 13.5. The molecule has 2 N–H and O–H groups in total. The number of hydrogen-bond acceptors (Lipinski definition) is 5. The minimum atomic E-state index is -5.08. The molecule has 0 unspecified atom stereocenters. The molecule has 13 heteroatoms. The highest BCUT2D eigenvalue weighted by molar-refractivity contribution is 6.08. The van der Waals surface area contributed by atoms with Crippen molar-refractivity contribution in [2.24, 2.45) is 5.41 Å². The molecular weight excluding hydrogens is 543 g/mol. The van der Waals surface area contributed by atoms with Gasteiger partial charge in [0.15, 0.2) is 5.65 Å². The number of benzene rings is 1. The Balaban J connectivity index is 0.000000431. The predicted molar refractivity (Wildman–Crippen MR) is 141 cm³/mol. The third-order valence-corrected chi connectivity index (χ3v) is 8.13. The van der Waals surface area contributed by atoms with Gasteiger partial charge < -0.3 is 14.9 Å². The first kappa shape index (κ1) is 28.4. The Hall–Kier alpha value is -4.16. The number of carboxylic acids is 1. The maximum atomic E-state index is 13.5. The van der Waals surface area contributed by atoms with Gasteiger partial charge in [-0.2, -0.15) is 13.2 Å². The Labute approximate surface area is 232 Å². The minimum Gasteiger partial charge on any atom is -0.475 e. The molecule has 4 heterocycles. The van der Waals surface area contributed by atoms with Gasteiger partial charge in [0.1, 0.15) is 5.41 Å². The summed E-state index contributed by atoms with van der Waals surface area (Å²) in [5.41, 5.74) is 2.97. The normalized spacial score (nSPS) is 18.6. The van der Waals surface area contributed by atoms with Gasteiger partial charge in [-0.25, -0.2) is 14.6 Å². The van der Waals surface area contributed by atoms with E-state index in [0.29, 0.717) is 57.5 Å². The molecule has 0 atom stereocenters. The first-order chi connectivity index (χ1) is 19.5. The van der Waals surface area contributed by atoms with Crippen molar-refractivity contribution in [2.75, 3.05) is 26.2 Å². The number of aromatic nitrogens is 3. The van der Waals surface area contributed by atoms with Gasteiger partial charge in [0.2, 0.25) is 11.8 Å². The number of amides is 2. The maximum Gasteiger partial charge on any atom is 0.490 e. The fraction of sp³-hybridized carbons (Fsp3) is 0.464. The van der Waals surface area contributed by atoms with Crippen LogP contribution in [0.3, 0.4) is 0 Å². The van der Waals surface area contributed by atoms with Crippen LogP contribution in [-0.4, -0.2) is 79.6 Å². The highest BCUT2D eigenvalue weighted by Gasteiger charge is 2.59. The van der Waals surface area contributed by atoms with Crippen LogP contribution >= 0.6 is 0 Å². The van der Waals surface area contributed by atoms with Crippen molar-refractivity contribution in [3.8, 4) is 0 Å². The van der Waals surface area contributed by atoms with E-state index in [0.717, 1.165) is 18.4 Å². The molecule has 2 aliphatic heterocycles. The zero-order valence-electron chi connectivity index (χ0n) is 22.2. The van der Waals surface area contributed by atoms with Crippen molar-refractivity contribution in [3.63, 3.8) is 0 Å². The van der Waals surface area contributed by atoms with E-state index < -0.39 is 17.6 Å². The summed E-state index contributed by atoms with van der Waals surface area (Å²) in [6, 6.07) is 12.1. The molecule has 0 radical (unpaired) electrons. The van der Waals surface area contributed by atoms with Crippen LogP contribution in [0.2, 0.25) is 0 Å². The number of piperidine rings is 1. The molecule has 6 rings (SSSR count). The number of aliphatic carboxylic acids is 1. The van der Waals surface area contributed by atoms with Crippen LogP contribution < -0.4 is 5.69 Å². The second kappa shape index (κ2) is 11.0. The van der Waals surface area contributed by atoms with E-state index in [1.54, 1.807) is 10.8 Å². The average molecular weight is 574 g/mol. The lowest BCUT2D eigenvalue weighted by molar-refractivity contribution is -0.192. The first-order valence-electron chi connectivity index (χ1n) is 13.5. The molecule has 1 saturated carbocycles. The Bertz CT molecular complexity index is 1490. The Morgan fingerprint density at radius 2 is 1.44 bits per heavy atom. The number of imidazole rings is 1. The standard InChI is InChI=1S/C26H29N5O3.C2HF3O2/c32-23(29-14-7-18-4-1-2-5-19(18)8-15-29)26(11-12-26)24(33)30-16-9-20(10-17-30)31-21-6-3-13-27-22(21)28-25(31)34;3-2(4,5)1(6)7/h1-6,13,20H,7-12,14-17H2,(H,27,28,34);(H,6,7). The quantitative estimate of drug-likeness (QED) is 0.464. The molecule has 2 aromatic heterocycles. The van der Waals surface area contributed by atoms with Gasteiger partial charge in [0, 0.05) is 38.4 Å². The number of alkyl halides is 3. The molecule has 218 valence electrons. The summed E-state index contributed by atoms with van der Waals surface area (Å²) in [5.74, 6) is -2.77. The summed E-state index contributed by atoms with van der Waals surface area (Å²) in [5, 5.41) is 7.12. The van der Waals surface area contributed by atoms with Crippen molar-refractivity contribution in [1.29, 1.82) is 0 Å². The van der Waals surface area contributed by atoms with E-state index in [4.69, 9.17) is 9.90 Å². The van der Waals surface area contributed by atoms with E-state index >= 15 is 0 Å². The molecule has 0 spiro atoms. The molecular formula is C28H30F3N5O5. The summed E-state index contributed by atoms with van der Waals surface area (Å²) in [6.07, 6.45) is 0.924. The number of fused-ring (bicyclic) bond motifs is 2. The largest absolute Gasteiger partial charge is 0.490 e. The fourth-order valence-corrected chi connectivity index (χ4v) is 5.77. The topological polar surface area (TPSA) is 129 Å². The van der Waals surface area contributed by atoms with Crippen LogP contribution in [0.1, 0.15) is 42.9 Å². The molecule has 1 aromatic carbocycles. The van der Waals surface area contributed by atoms with Gasteiger partial charge in [0.25, 0.3) is 0 Å². The lowest BCUT2D eigenvalue weighted by Crippen LogP contribution is -2.50. The van der Waals surface area contributed by atoms with Gasteiger partial charge in [-0.15, -0.1) is 0 Å². The van der Waals surface area contributed by atoms with Gasteiger partial charge in [-0.05, 0) is 61.8 Å². The van der Waals surface area contributed by atoms with Crippen LogP contribution in [0.5, 0.6) is 0 Å². The number of nitrogens with one attached hydrogen (secondary N) is 1. The molecule has 1 aliphatic carbocycles. The van der Waals surface area contributed by atoms with E-state index in [1.807, 2.05) is 34.1 Å². The van der Waals surface area contributed by atoms with Crippen molar-refractivity contribution in [2.45, 2.75) is 50.7 Å². The van der Waals surface area contributed by atoms with E-state index in [1.165, 1.54) is 11.1 Å². The monoisotopic (exact) mass is 573 g/mol. The lowest BCUT2D eigenvalue weighted by Gasteiger charge is -2.35. The number of carbonyl (C=O) groups is 3. The molecule has 0 bridgehead atoms. The SMILES string of the molecule is O=C(N1CCc2ccccc2CC1)C1(C(=O)N2CCC(n3c(=O)[nH]c4ncccc43)CC2)CC1.O=C(O)C(F)(F)F. The Kier molecular flexibility index (Phi) is 7.62. The number of hydrogen-bond donors (Lipinski definition) is 2. The van der Waals surface area contributed by atoms with Crippen molar-refractivity contribution in [3.05, 3.63) is 64.2 Å². The van der Waals surface area contributed by atoms with E-state index in [-0.39, 0.29) is 23.5 Å². The highest BCUT2D eigenvalue weighted by atomic mass is 19.4. The molecule has 41 heavy (non-hydrogen) atoms. The van der Waals surface area contributed by atoms with Crippen LogP contribution in [0, 0.1) is 5.41 Å². The molecule has 3 aromatic rings. The second-order valence-electron chi connectivity index (χ2n) is 10.6. The smallest absolute Gasteiger partial charge is 0.475 e. The Morgan fingerprint density at radius 3 is 1.95 bits per heavy atom. The Morgan fingerprint density at radius 1 is 0.902 bits per heavy atom. The van der Waals surface area contributed by atoms with E-state index in [9.17, 15) is 27.6 Å². The number of carboxylic acid groups (broad SMARTS) is 1. The fourth-order valence-electron chi connectivity index (χ4n) is 5.77. The third-order valence-electron chi connectivity index (χ3n) is 8.13. The molecule has 2 amide bonds. The zero-order chi connectivity index (χ0) is 29.4. The second-order valence-corrected chi connectivity index (χ2v) is 10.6. The van der Waals surface area contributed by atoms with Gasteiger partial charge >= 0.3 is 17.8 Å². The van der Waals surface area contributed by atoms with Crippen LogP contribution in [0.25, 0.3) is 11.2 Å². The number of H-pyrrole nitrogens is 1. The highest BCUT2D eigenvalue weighted by Crippen LogP contribution is 2.49. The summed E-state index contributed by atoms with van der Waals surface area (Å²) in [4.78, 5) is 59.3. The van der Waals surface area contributed by atoms with Crippen LogP contribution in [0.15, 0.2) is 47.4 Å². The minimum absolute atomic E-state index is 0.00588. The number of rotatable bonds is 3. The number of aromatic amines is 1. The van der Waals surface area contributed by atoms with Gasteiger partial charge in [-0.1, -0.05) is 24.3 Å². The van der Waals surface area contributed by atoms with Crippen LogP contribution in [-0.2, 0) is 27.2 Å².